The molecule has 0 spiro atoms. The van der Waals surface area contributed by atoms with Gasteiger partial charge in [-0.15, -0.1) is 0 Å². The molecule has 1 aliphatic rings. The molecule has 1 fully saturated rings. The van der Waals surface area contributed by atoms with Crippen LogP contribution >= 0.6 is 11.8 Å². The van der Waals surface area contributed by atoms with Crippen LogP contribution in [0.3, 0.4) is 0 Å². The molecule has 0 saturated carbocycles. The first-order chi connectivity index (χ1) is 7.90. The van der Waals surface area contributed by atoms with Crippen LogP contribution in [0.1, 0.15) is 11.1 Å². The van der Waals surface area contributed by atoms with Crippen molar-refractivity contribution in [1.29, 1.82) is 0 Å². The molecule has 0 unspecified atom stereocenters. The highest BCUT2D eigenvalue weighted by atomic mass is 32.2. The van der Waals surface area contributed by atoms with E-state index in [-0.39, 0.29) is 0 Å². The summed E-state index contributed by atoms with van der Waals surface area (Å²) in [7, 11) is 0. The van der Waals surface area contributed by atoms with E-state index in [0.717, 1.165) is 6.42 Å². The van der Waals surface area contributed by atoms with Crippen LogP contribution in [0.5, 0.6) is 0 Å². The first-order valence-corrected chi connectivity index (χ1v) is 7.12. The fourth-order valence-electron chi connectivity index (χ4n) is 2.10. The Balaban J connectivity index is 1.88. The van der Waals surface area contributed by atoms with Crippen molar-refractivity contribution >= 4 is 11.8 Å². The third kappa shape index (κ3) is 3.24. The molecule has 2 rings (SSSR count). The van der Waals surface area contributed by atoms with Crippen molar-refractivity contribution in [1.82, 2.24) is 4.90 Å². The molecule has 0 bridgehead atoms. The maximum Gasteiger partial charge on any atom is 0.0180 e. The van der Waals surface area contributed by atoms with Crippen molar-refractivity contribution in [3.63, 3.8) is 0 Å². The Morgan fingerprint density at radius 1 is 1.12 bits per heavy atom. The number of nitrogens with two attached hydrogens (primary N) is 1. The van der Waals surface area contributed by atoms with E-state index in [0.29, 0.717) is 6.54 Å². The van der Waals surface area contributed by atoms with E-state index >= 15 is 0 Å². The number of benzene rings is 1. The summed E-state index contributed by atoms with van der Waals surface area (Å²) in [6.45, 7) is 4.33. The second kappa shape index (κ2) is 6.28. The summed E-state index contributed by atoms with van der Waals surface area (Å²) in [5.41, 5.74) is 8.46. The highest BCUT2D eigenvalue weighted by molar-refractivity contribution is 7.99. The summed E-state index contributed by atoms with van der Waals surface area (Å²) < 4.78 is 0. The summed E-state index contributed by atoms with van der Waals surface area (Å²) in [4.78, 5) is 2.56. The maximum absolute atomic E-state index is 5.74. The van der Waals surface area contributed by atoms with Gasteiger partial charge in [0.15, 0.2) is 0 Å². The van der Waals surface area contributed by atoms with E-state index in [9.17, 15) is 0 Å². The van der Waals surface area contributed by atoms with E-state index in [2.05, 4.69) is 40.9 Å². The SMILES string of the molecule is NCc1ccccc1CCN1CCSCC1. The van der Waals surface area contributed by atoms with Gasteiger partial charge in [0, 0.05) is 37.7 Å². The fraction of sp³-hybridized carbons (Fsp3) is 0.538. The zero-order valence-electron chi connectivity index (χ0n) is 9.69. The van der Waals surface area contributed by atoms with Crippen molar-refractivity contribution in [3.05, 3.63) is 35.4 Å². The third-order valence-corrected chi connectivity index (χ3v) is 4.08. The highest BCUT2D eigenvalue weighted by Gasteiger charge is 2.10. The molecule has 88 valence electrons. The van der Waals surface area contributed by atoms with Crippen LogP contribution in [0.2, 0.25) is 0 Å². The molecule has 1 aromatic rings. The van der Waals surface area contributed by atoms with Crippen LogP contribution in [-0.2, 0) is 13.0 Å². The Morgan fingerprint density at radius 2 is 1.81 bits per heavy atom. The van der Waals surface area contributed by atoms with Gasteiger partial charge < -0.3 is 10.6 Å². The topological polar surface area (TPSA) is 29.3 Å². The smallest absolute Gasteiger partial charge is 0.0180 e. The number of hydrogen-bond acceptors (Lipinski definition) is 3. The van der Waals surface area contributed by atoms with Crippen molar-refractivity contribution in [2.75, 3.05) is 31.1 Å². The Morgan fingerprint density at radius 3 is 2.50 bits per heavy atom. The summed E-state index contributed by atoms with van der Waals surface area (Å²) in [5, 5.41) is 0. The molecule has 0 aliphatic carbocycles. The van der Waals surface area contributed by atoms with Gasteiger partial charge in [0.05, 0.1) is 0 Å². The Labute approximate surface area is 102 Å². The van der Waals surface area contributed by atoms with Crippen LogP contribution < -0.4 is 5.73 Å². The molecule has 0 amide bonds. The Hall–Kier alpha value is -0.510. The zero-order chi connectivity index (χ0) is 11.2. The summed E-state index contributed by atoms with van der Waals surface area (Å²) in [6, 6.07) is 8.53. The van der Waals surface area contributed by atoms with Gasteiger partial charge in [0.1, 0.15) is 0 Å². The van der Waals surface area contributed by atoms with Gasteiger partial charge in [-0.05, 0) is 17.5 Å². The van der Waals surface area contributed by atoms with Crippen molar-refractivity contribution in [2.45, 2.75) is 13.0 Å². The van der Waals surface area contributed by atoms with E-state index in [1.807, 2.05) is 0 Å². The van der Waals surface area contributed by atoms with Crippen molar-refractivity contribution in [3.8, 4) is 0 Å². The lowest BCUT2D eigenvalue weighted by Gasteiger charge is -2.26. The summed E-state index contributed by atoms with van der Waals surface area (Å²) in [6.07, 6.45) is 1.14. The van der Waals surface area contributed by atoms with Crippen LogP contribution in [-0.4, -0.2) is 36.0 Å². The van der Waals surface area contributed by atoms with Gasteiger partial charge in [-0.1, -0.05) is 24.3 Å². The second-order valence-electron chi connectivity index (χ2n) is 4.18. The normalized spacial score (nSPS) is 17.6. The molecule has 0 radical (unpaired) electrons. The highest BCUT2D eigenvalue weighted by Crippen LogP contribution is 2.12. The van der Waals surface area contributed by atoms with Gasteiger partial charge >= 0.3 is 0 Å². The second-order valence-corrected chi connectivity index (χ2v) is 5.40. The number of thioether (sulfide) groups is 1. The lowest BCUT2D eigenvalue weighted by Crippen LogP contribution is -2.34. The Bertz CT molecular complexity index is 321. The predicted octanol–water partition coefficient (Wildman–Crippen LogP) is 1.74. The zero-order valence-corrected chi connectivity index (χ0v) is 10.5. The molecule has 2 nitrogen and oxygen atoms in total. The van der Waals surface area contributed by atoms with Gasteiger partial charge in [-0.3, -0.25) is 0 Å². The molecule has 16 heavy (non-hydrogen) atoms. The van der Waals surface area contributed by atoms with Gasteiger partial charge in [0.25, 0.3) is 0 Å². The third-order valence-electron chi connectivity index (χ3n) is 3.14. The van der Waals surface area contributed by atoms with Crippen LogP contribution in [0.4, 0.5) is 0 Å². The molecule has 1 aliphatic heterocycles. The van der Waals surface area contributed by atoms with Gasteiger partial charge in [-0.2, -0.15) is 11.8 Å². The molecule has 3 heteroatoms. The average Bonchev–Trinajstić information content (AvgIpc) is 2.38. The van der Waals surface area contributed by atoms with Crippen molar-refractivity contribution in [2.24, 2.45) is 5.73 Å². The molecular formula is C13H20N2S. The number of rotatable bonds is 4. The largest absolute Gasteiger partial charge is 0.326 e. The minimum Gasteiger partial charge on any atom is -0.326 e. The average molecular weight is 236 g/mol. The van der Waals surface area contributed by atoms with Crippen LogP contribution in [0.25, 0.3) is 0 Å². The van der Waals surface area contributed by atoms with Crippen molar-refractivity contribution < 1.29 is 0 Å². The standard InChI is InChI=1S/C13H20N2S/c14-11-13-4-2-1-3-12(13)5-6-15-7-9-16-10-8-15/h1-4H,5-11,14H2. The first-order valence-electron chi connectivity index (χ1n) is 5.97. The van der Waals surface area contributed by atoms with E-state index in [4.69, 9.17) is 5.73 Å². The molecular weight excluding hydrogens is 216 g/mol. The lowest BCUT2D eigenvalue weighted by atomic mass is 10.0. The van der Waals surface area contributed by atoms with E-state index in [1.165, 1.54) is 42.3 Å². The molecule has 0 aromatic heterocycles. The Kier molecular flexibility index (Phi) is 4.69. The van der Waals surface area contributed by atoms with E-state index in [1.54, 1.807) is 0 Å². The monoisotopic (exact) mass is 236 g/mol. The minimum atomic E-state index is 0.659. The predicted molar refractivity (Wildman–Crippen MR) is 71.8 cm³/mol. The quantitative estimate of drug-likeness (QED) is 0.863. The summed E-state index contributed by atoms with van der Waals surface area (Å²) in [5.74, 6) is 2.58. The van der Waals surface area contributed by atoms with Gasteiger partial charge in [0.2, 0.25) is 0 Å². The minimum absolute atomic E-state index is 0.659. The molecule has 1 saturated heterocycles. The number of hydrogen-bond donors (Lipinski definition) is 1. The molecule has 1 heterocycles. The maximum atomic E-state index is 5.74. The fourth-order valence-corrected chi connectivity index (χ4v) is 3.08. The van der Waals surface area contributed by atoms with Gasteiger partial charge in [-0.25, -0.2) is 0 Å². The molecule has 0 atom stereocenters. The van der Waals surface area contributed by atoms with Crippen LogP contribution in [0.15, 0.2) is 24.3 Å². The molecule has 1 aromatic carbocycles. The van der Waals surface area contributed by atoms with E-state index < -0.39 is 0 Å². The number of nitrogens with zero attached hydrogens (tertiary/aromatic N) is 1. The van der Waals surface area contributed by atoms with Crippen LogP contribution in [0, 0.1) is 0 Å². The first kappa shape index (κ1) is 12.0. The summed E-state index contributed by atoms with van der Waals surface area (Å²) >= 11 is 2.07. The molecule has 2 N–H and O–H groups in total. The lowest BCUT2D eigenvalue weighted by molar-refractivity contribution is 0.306.